The Morgan fingerprint density at radius 3 is 1.22 bits per heavy atom. The first-order valence-electron chi connectivity index (χ1n) is 23.8. The summed E-state index contributed by atoms with van der Waals surface area (Å²) in [6.07, 6.45) is 2.68. The number of nitrogens with zero attached hydrogens (tertiary/aromatic N) is 2. The highest BCUT2D eigenvalue weighted by Gasteiger charge is 2.30. The van der Waals surface area contributed by atoms with Gasteiger partial charge in [0.15, 0.2) is 0 Å². The third-order valence-electron chi connectivity index (χ3n) is 14.1. The first-order chi connectivity index (χ1) is 33.3. The van der Waals surface area contributed by atoms with E-state index in [9.17, 15) is 19.2 Å². The zero-order valence-electron chi connectivity index (χ0n) is 39.6. The van der Waals surface area contributed by atoms with Gasteiger partial charge in [0.25, 0.3) is 11.8 Å². The molecule has 11 rings (SSSR count). The van der Waals surface area contributed by atoms with E-state index >= 15 is 0 Å². The van der Waals surface area contributed by atoms with Gasteiger partial charge in [0.05, 0.1) is 9.75 Å². The lowest BCUT2D eigenvalue weighted by Gasteiger charge is -2.26. The lowest BCUT2D eigenvalue weighted by molar-refractivity contribution is -0.117. The van der Waals surface area contributed by atoms with E-state index in [1.807, 2.05) is 64.1 Å². The summed E-state index contributed by atoms with van der Waals surface area (Å²) >= 11 is 2.93. The first-order valence-corrected chi connectivity index (χ1v) is 25.4. The molecule has 0 unspecified atom stereocenters. The normalized spacial score (nSPS) is 13.2. The smallest absolute Gasteiger partial charge is 0.264 e. The van der Waals surface area contributed by atoms with Gasteiger partial charge in [0.2, 0.25) is 11.8 Å². The van der Waals surface area contributed by atoms with Gasteiger partial charge in [-0.25, -0.2) is 0 Å². The number of carbonyl (C=O) groups excluding carboxylic acids is 4. The number of hydrogen-bond donors (Lipinski definition) is 2. The second kappa shape index (κ2) is 17.4. The zero-order chi connectivity index (χ0) is 47.8. The predicted octanol–water partition coefficient (Wildman–Crippen LogP) is 14.3. The fraction of sp³-hybridized carbons (Fsp3) is 0.220. The SMILES string of the molecule is Cc1sc(C(=O)N(CC(=O)Nc2ccc3ccc4cccc5ccc2c3c45)C(C)C)cc1C1=C(c2cc(C(=O)N(CC(=O)Nc3ccc4ccc5cccc6ccc3c4c56)C(C)C)sc2C)CCC1. The number of rotatable bonds is 12. The van der Waals surface area contributed by atoms with Crippen molar-refractivity contribution in [1.82, 2.24) is 9.80 Å². The van der Waals surface area contributed by atoms with Gasteiger partial charge in [-0.15, -0.1) is 22.7 Å². The molecule has 2 N–H and O–H groups in total. The van der Waals surface area contributed by atoms with Crippen LogP contribution in [0.25, 0.3) is 75.8 Å². The highest BCUT2D eigenvalue weighted by molar-refractivity contribution is 7.14. The number of hydrogen-bond acceptors (Lipinski definition) is 6. The molecular formula is C59H52N4O4S2. The fourth-order valence-corrected chi connectivity index (χ4v) is 12.8. The predicted molar refractivity (Wildman–Crippen MR) is 289 cm³/mol. The van der Waals surface area contributed by atoms with Crippen molar-refractivity contribution in [1.29, 1.82) is 0 Å². The van der Waals surface area contributed by atoms with Crippen molar-refractivity contribution in [2.45, 2.75) is 72.9 Å². The second-order valence-electron chi connectivity index (χ2n) is 19.1. The van der Waals surface area contributed by atoms with E-state index in [1.54, 1.807) is 9.80 Å². The topological polar surface area (TPSA) is 98.8 Å². The molecule has 1 aliphatic rings. The molecule has 10 aromatic rings. The maximum absolute atomic E-state index is 14.4. The van der Waals surface area contributed by atoms with Gasteiger partial charge in [-0.3, -0.25) is 19.2 Å². The number of carbonyl (C=O) groups is 4. The summed E-state index contributed by atoms with van der Waals surface area (Å²) in [7, 11) is 0. The molecule has 0 bridgehead atoms. The van der Waals surface area contributed by atoms with Crippen LogP contribution in [0, 0.1) is 13.8 Å². The molecule has 0 saturated carbocycles. The van der Waals surface area contributed by atoms with E-state index in [0.717, 1.165) is 105 Å². The summed E-state index contributed by atoms with van der Waals surface area (Å²) < 4.78 is 0. The van der Waals surface area contributed by atoms with Crippen molar-refractivity contribution in [3.63, 3.8) is 0 Å². The third-order valence-corrected chi connectivity index (χ3v) is 16.2. The van der Waals surface area contributed by atoms with E-state index < -0.39 is 0 Å². The largest absolute Gasteiger partial charge is 0.326 e. The van der Waals surface area contributed by atoms with Crippen LogP contribution in [0.3, 0.4) is 0 Å². The molecule has 2 heterocycles. The Labute approximate surface area is 408 Å². The van der Waals surface area contributed by atoms with Gasteiger partial charge in [-0.2, -0.15) is 0 Å². The van der Waals surface area contributed by atoms with Crippen molar-refractivity contribution in [3.05, 3.63) is 152 Å². The summed E-state index contributed by atoms with van der Waals surface area (Å²) in [6.45, 7) is 11.7. The van der Waals surface area contributed by atoms with Crippen molar-refractivity contribution < 1.29 is 19.2 Å². The molecule has 8 aromatic carbocycles. The van der Waals surface area contributed by atoms with E-state index in [4.69, 9.17) is 0 Å². The van der Waals surface area contributed by atoms with Gasteiger partial charge in [-0.1, -0.05) is 97.1 Å². The van der Waals surface area contributed by atoms with Crippen LogP contribution in [0.5, 0.6) is 0 Å². The highest BCUT2D eigenvalue weighted by Crippen LogP contribution is 2.46. The minimum atomic E-state index is -0.250. The summed E-state index contributed by atoms with van der Waals surface area (Å²) in [6, 6.07) is 41.0. The maximum atomic E-state index is 14.4. The Bertz CT molecular complexity index is 3470. The van der Waals surface area contributed by atoms with Crippen molar-refractivity contribution >= 4 is 133 Å². The molecular weight excluding hydrogens is 893 g/mol. The molecule has 10 heteroatoms. The van der Waals surface area contributed by atoms with Gasteiger partial charge < -0.3 is 20.4 Å². The van der Waals surface area contributed by atoms with E-state index in [1.165, 1.54) is 44.6 Å². The minimum absolute atomic E-state index is 0.0847. The van der Waals surface area contributed by atoms with Crippen LogP contribution in [0.15, 0.2) is 121 Å². The monoisotopic (exact) mass is 944 g/mol. The quantitative estimate of drug-likeness (QED) is 0.119. The molecule has 344 valence electrons. The van der Waals surface area contributed by atoms with Gasteiger partial charge in [0, 0.05) is 44.0 Å². The van der Waals surface area contributed by atoms with Crippen LogP contribution in [0.4, 0.5) is 11.4 Å². The van der Waals surface area contributed by atoms with E-state index in [-0.39, 0.29) is 48.8 Å². The van der Waals surface area contributed by atoms with Crippen LogP contribution in [0.2, 0.25) is 0 Å². The molecule has 4 amide bonds. The highest BCUT2D eigenvalue weighted by atomic mass is 32.1. The Balaban J connectivity index is 0.809. The second-order valence-corrected chi connectivity index (χ2v) is 21.6. The fourth-order valence-electron chi connectivity index (χ4n) is 10.8. The molecule has 0 fully saturated rings. The molecule has 8 nitrogen and oxygen atoms in total. The van der Waals surface area contributed by atoms with Gasteiger partial charge in [-0.05, 0) is 161 Å². The number of thiophene rings is 2. The molecule has 0 spiro atoms. The Morgan fingerprint density at radius 2 is 0.841 bits per heavy atom. The number of allylic oxidation sites excluding steroid dienone is 2. The van der Waals surface area contributed by atoms with Crippen LogP contribution in [-0.4, -0.2) is 58.6 Å². The summed E-state index contributed by atoms with van der Waals surface area (Å²) in [5.74, 6) is -0.849. The van der Waals surface area contributed by atoms with Gasteiger partial charge in [0.1, 0.15) is 13.1 Å². The third kappa shape index (κ3) is 7.76. The van der Waals surface area contributed by atoms with Crippen LogP contribution >= 0.6 is 22.7 Å². The Kier molecular flexibility index (Phi) is 11.2. The minimum Gasteiger partial charge on any atom is -0.326 e. The van der Waals surface area contributed by atoms with Crippen LogP contribution in [0.1, 0.15) is 87.2 Å². The first kappa shape index (κ1) is 44.4. The molecule has 0 saturated heterocycles. The average molecular weight is 945 g/mol. The number of anilines is 2. The number of aryl methyl sites for hydroxylation is 2. The molecule has 69 heavy (non-hydrogen) atoms. The van der Waals surface area contributed by atoms with E-state index in [0.29, 0.717) is 9.75 Å². The molecule has 1 aliphatic carbocycles. The molecule has 0 atom stereocenters. The average Bonchev–Trinajstić information content (AvgIpc) is 4.09. The number of nitrogens with one attached hydrogen (secondary N) is 2. The zero-order valence-corrected chi connectivity index (χ0v) is 41.2. The Morgan fingerprint density at radius 1 is 0.493 bits per heavy atom. The summed E-state index contributed by atoms with van der Waals surface area (Å²) in [4.78, 5) is 63.0. The van der Waals surface area contributed by atoms with Crippen LogP contribution in [-0.2, 0) is 9.59 Å². The standard InChI is InChI=1S/C59H52N4O4S2/c1-32(2)62(30-52(64)60-48-26-22-40-18-16-36-10-7-12-38-20-24-44(48)56(40)54(36)38)58(66)50-28-46(34(5)68-50)42-14-9-15-43(42)47-29-51(69-35(47)6)59(67)63(33(3)4)31-53(65)61-49-27-23-41-19-17-37-11-8-13-39-21-25-45(49)57(41)55(37)39/h7-8,10-13,16-29,32-33H,9,14-15,30-31H2,1-6H3,(H,60,64)(H,61,65). The van der Waals surface area contributed by atoms with Gasteiger partial charge >= 0.3 is 0 Å². The lowest BCUT2D eigenvalue weighted by atomic mass is 9.93. The summed E-state index contributed by atoms with van der Waals surface area (Å²) in [5.41, 5.74) is 5.93. The van der Waals surface area contributed by atoms with Crippen molar-refractivity contribution in [3.8, 4) is 0 Å². The van der Waals surface area contributed by atoms with Crippen molar-refractivity contribution in [2.24, 2.45) is 0 Å². The summed E-state index contributed by atoms with van der Waals surface area (Å²) in [5, 5.41) is 19.7. The molecule has 0 radical (unpaired) electrons. The van der Waals surface area contributed by atoms with E-state index in [2.05, 4.69) is 109 Å². The Hall–Kier alpha value is -7.14. The molecule has 2 aromatic heterocycles. The number of benzene rings is 8. The number of amides is 4. The van der Waals surface area contributed by atoms with Crippen molar-refractivity contribution in [2.75, 3.05) is 23.7 Å². The van der Waals surface area contributed by atoms with Crippen LogP contribution < -0.4 is 10.6 Å². The molecule has 0 aliphatic heterocycles. The maximum Gasteiger partial charge on any atom is 0.264 e. The lowest BCUT2D eigenvalue weighted by Crippen LogP contribution is -2.42.